The van der Waals surface area contributed by atoms with Crippen molar-refractivity contribution in [1.29, 1.82) is 0 Å². The lowest BCUT2D eigenvalue weighted by molar-refractivity contribution is -0.113. The Hall–Kier alpha value is -1.67. The Bertz CT molecular complexity index is 635. The lowest BCUT2D eigenvalue weighted by Crippen LogP contribution is -2.15. The lowest BCUT2D eigenvalue weighted by Gasteiger charge is -2.12. The summed E-state index contributed by atoms with van der Waals surface area (Å²) < 4.78 is 37.4. The predicted molar refractivity (Wildman–Crippen MR) is 81.9 cm³/mol. The number of carbonyl (C=O) groups excluding carboxylic acids is 1. The van der Waals surface area contributed by atoms with Crippen LogP contribution >= 0.6 is 23.5 Å². The van der Waals surface area contributed by atoms with Gasteiger partial charge in [0.05, 0.1) is 11.4 Å². The highest BCUT2D eigenvalue weighted by atomic mass is 32.2. The molecule has 22 heavy (non-hydrogen) atoms. The van der Waals surface area contributed by atoms with Crippen LogP contribution < -0.4 is 5.32 Å². The first-order valence-corrected chi connectivity index (χ1v) is 7.92. The molecule has 0 atom stereocenters. The van der Waals surface area contributed by atoms with Crippen LogP contribution in [0.5, 0.6) is 0 Å². The van der Waals surface area contributed by atoms with E-state index >= 15 is 0 Å². The van der Waals surface area contributed by atoms with Crippen LogP contribution in [0.25, 0.3) is 0 Å². The number of benzene rings is 1. The number of amides is 1. The molecule has 0 unspecified atom stereocenters. The smallest absolute Gasteiger partial charge is 0.324 e. The van der Waals surface area contributed by atoms with Crippen molar-refractivity contribution < 1.29 is 18.0 Å². The molecular formula is C14H11F3N2OS2. The molecule has 0 saturated carbocycles. The normalized spacial score (nSPS) is 11.2. The topological polar surface area (TPSA) is 42.0 Å². The first-order chi connectivity index (χ1) is 10.4. The van der Waals surface area contributed by atoms with Gasteiger partial charge in [0.15, 0.2) is 0 Å². The van der Waals surface area contributed by atoms with Gasteiger partial charge in [-0.05, 0) is 36.0 Å². The molecule has 0 aliphatic rings. The maximum absolute atomic E-state index is 12.5. The van der Waals surface area contributed by atoms with E-state index in [0.29, 0.717) is 0 Å². The number of nitrogens with zero attached hydrogens (tertiary/aromatic N) is 1. The molecule has 2 rings (SSSR count). The van der Waals surface area contributed by atoms with Crippen molar-refractivity contribution >= 4 is 35.1 Å². The van der Waals surface area contributed by atoms with Gasteiger partial charge in [-0.15, -0.1) is 11.8 Å². The van der Waals surface area contributed by atoms with Gasteiger partial charge in [-0.1, -0.05) is 12.1 Å². The predicted octanol–water partition coefficient (Wildman–Crippen LogP) is 4.42. The zero-order chi connectivity index (χ0) is 16.0. The zero-order valence-corrected chi connectivity index (χ0v) is 12.8. The van der Waals surface area contributed by atoms with Crippen LogP contribution in [0.15, 0.2) is 58.6 Å². The van der Waals surface area contributed by atoms with E-state index in [1.54, 1.807) is 30.6 Å². The summed E-state index contributed by atoms with van der Waals surface area (Å²) in [6.45, 7) is 0. The van der Waals surface area contributed by atoms with Gasteiger partial charge in [0.1, 0.15) is 0 Å². The third kappa shape index (κ3) is 5.61. The molecule has 0 radical (unpaired) electrons. The molecule has 8 heteroatoms. The summed E-state index contributed by atoms with van der Waals surface area (Å²) in [4.78, 5) is 16.6. The molecule has 0 spiro atoms. The van der Waals surface area contributed by atoms with Gasteiger partial charge in [-0.25, -0.2) is 0 Å². The highest BCUT2D eigenvalue weighted by molar-refractivity contribution is 8.00. The number of para-hydroxylation sites is 1. The van der Waals surface area contributed by atoms with E-state index in [4.69, 9.17) is 0 Å². The number of halogens is 3. The van der Waals surface area contributed by atoms with Crippen LogP contribution in [0.2, 0.25) is 0 Å². The summed E-state index contributed by atoms with van der Waals surface area (Å²) in [6, 6.07) is 9.35. The molecule has 1 N–H and O–H groups in total. The van der Waals surface area contributed by atoms with Gasteiger partial charge in [0.2, 0.25) is 5.91 Å². The summed E-state index contributed by atoms with van der Waals surface area (Å²) in [5.41, 5.74) is -4.24. The Balaban J connectivity index is 1.97. The number of thioether (sulfide) groups is 2. The molecule has 3 nitrogen and oxygen atoms in total. The molecule has 0 bridgehead atoms. The third-order valence-electron chi connectivity index (χ3n) is 2.41. The first-order valence-electron chi connectivity index (χ1n) is 6.11. The molecule has 0 fully saturated rings. The molecule has 2 aromatic rings. The highest BCUT2D eigenvalue weighted by Gasteiger charge is 2.30. The van der Waals surface area contributed by atoms with Crippen molar-refractivity contribution in [3.8, 4) is 0 Å². The van der Waals surface area contributed by atoms with E-state index in [1.165, 1.54) is 30.0 Å². The molecule has 0 aliphatic heterocycles. The van der Waals surface area contributed by atoms with E-state index in [2.05, 4.69) is 10.3 Å². The largest absolute Gasteiger partial charge is 0.446 e. The minimum atomic E-state index is -4.40. The standard InChI is InChI=1S/C14H11F3N2OS2/c15-14(16,17)22-12-4-2-1-3-11(12)19-13(20)9-21-10-5-7-18-8-6-10/h1-8H,9H2,(H,19,20). The van der Waals surface area contributed by atoms with Crippen LogP contribution in [0.4, 0.5) is 18.9 Å². The summed E-state index contributed by atoms with van der Waals surface area (Å²) in [7, 11) is 0. The molecule has 1 aromatic heterocycles. The average Bonchev–Trinajstić information content (AvgIpc) is 2.47. The number of hydrogen-bond donors (Lipinski definition) is 1. The second-order valence-electron chi connectivity index (χ2n) is 4.06. The van der Waals surface area contributed by atoms with Crippen LogP contribution in [-0.2, 0) is 4.79 Å². The number of alkyl halides is 3. The van der Waals surface area contributed by atoms with Crippen molar-refractivity contribution in [2.75, 3.05) is 11.1 Å². The van der Waals surface area contributed by atoms with Gasteiger partial charge >= 0.3 is 5.51 Å². The number of anilines is 1. The fourth-order valence-electron chi connectivity index (χ4n) is 1.55. The number of nitrogens with one attached hydrogen (secondary N) is 1. The second-order valence-corrected chi connectivity index (χ2v) is 6.22. The fourth-order valence-corrected chi connectivity index (χ4v) is 2.86. The van der Waals surface area contributed by atoms with E-state index in [1.807, 2.05) is 0 Å². The highest BCUT2D eigenvalue weighted by Crippen LogP contribution is 2.40. The van der Waals surface area contributed by atoms with Gasteiger partial charge in [-0.3, -0.25) is 9.78 Å². The Kier molecular flexibility index (Phi) is 5.73. The minimum absolute atomic E-state index is 0.0303. The monoisotopic (exact) mass is 344 g/mol. The van der Waals surface area contributed by atoms with Crippen LogP contribution in [0.1, 0.15) is 0 Å². The number of rotatable bonds is 5. The maximum Gasteiger partial charge on any atom is 0.446 e. The maximum atomic E-state index is 12.5. The van der Waals surface area contributed by atoms with Crippen molar-refractivity contribution in [3.63, 3.8) is 0 Å². The molecule has 0 aliphatic carbocycles. The number of hydrogen-bond acceptors (Lipinski definition) is 4. The number of carbonyl (C=O) groups is 1. The van der Waals surface area contributed by atoms with Gasteiger partial charge in [0, 0.05) is 22.2 Å². The molecule has 1 aromatic carbocycles. The Labute approximate surface area is 133 Å². The van der Waals surface area contributed by atoms with Crippen molar-refractivity contribution in [3.05, 3.63) is 48.8 Å². The van der Waals surface area contributed by atoms with Crippen LogP contribution in [-0.4, -0.2) is 22.2 Å². The Morgan fingerprint density at radius 2 is 1.82 bits per heavy atom. The molecule has 0 saturated heterocycles. The van der Waals surface area contributed by atoms with Crippen molar-refractivity contribution in [2.45, 2.75) is 15.3 Å². The van der Waals surface area contributed by atoms with E-state index < -0.39 is 5.51 Å². The minimum Gasteiger partial charge on any atom is -0.324 e. The molecule has 116 valence electrons. The van der Waals surface area contributed by atoms with Gasteiger partial charge in [0.25, 0.3) is 0 Å². The Morgan fingerprint density at radius 1 is 1.14 bits per heavy atom. The molecule has 1 amide bonds. The van der Waals surface area contributed by atoms with Gasteiger partial charge in [-0.2, -0.15) is 13.2 Å². The summed E-state index contributed by atoms with van der Waals surface area (Å²) in [5.74, 6) is -0.258. The quantitative estimate of drug-likeness (QED) is 0.815. The van der Waals surface area contributed by atoms with Crippen molar-refractivity contribution in [1.82, 2.24) is 4.98 Å². The average molecular weight is 344 g/mol. The third-order valence-corrected chi connectivity index (χ3v) is 4.23. The van der Waals surface area contributed by atoms with E-state index in [9.17, 15) is 18.0 Å². The summed E-state index contributed by atoms with van der Waals surface area (Å²) in [6.07, 6.45) is 3.21. The number of aromatic nitrogens is 1. The fraction of sp³-hybridized carbons (Fsp3) is 0.143. The van der Waals surface area contributed by atoms with Crippen LogP contribution in [0, 0.1) is 0 Å². The Morgan fingerprint density at radius 3 is 2.50 bits per heavy atom. The molecule has 1 heterocycles. The summed E-state index contributed by atoms with van der Waals surface area (Å²) >= 11 is 1.04. The number of pyridine rings is 1. The van der Waals surface area contributed by atoms with E-state index in [0.717, 1.165) is 4.90 Å². The zero-order valence-electron chi connectivity index (χ0n) is 11.1. The second kappa shape index (κ2) is 7.55. The summed E-state index contributed by atoms with van der Waals surface area (Å²) in [5, 5.41) is 2.51. The lowest BCUT2D eigenvalue weighted by atomic mass is 10.3. The molecular weight excluding hydrogens is 333 g/mol. The van der Waals surface area contributed by atoms with Gasteiger partial charge < -0.3 is 5.32 Å². The SMILES string of the molecule is O=C(CSc1ccncc1)Nc1ccccc1SC(F)(F)F. The van der Waals surface area contributed by atoms with E-state index in [-0.39, 0.29) is 34.0 Å². The van der Waals surface area contributed by atoms with Crippen LogP contribution in [0.3, 0.4) is 0 Å². The first kappa shape index (κ1) is 16.7. The van der Waals surface area contributed by atoms with Crippen molar-refractivity contribution in [2.24, 2.45) is 0 Å².